The highest BCUT2D eigenvalue weighted by molar-refractivity contribution is 5.80. The molecule has 0 aliphatic heterocycles. The molecule has 3 aromatic rings. The zero-order chi connectivity index (χ0) is 17.6. The lowest BCUT2D eigenvalue weighted by Crippen LogP contribution is -2.39. The summed E-state index contributed by atoms with van der Waals surface area (Å²) < 4.78 is 5.73. The van der Waals surface area contributed by atoms with E-state index < -0.39 is 0 Å². The van der Waals surface area contributed by atoms with E-state index in [0.717, 1.165) is 16.5 Å². The number of benzene rings is 2. The molecule has 0 N–H and O–H groups in total. The van der Waals surface area contributed by atoms with Gasteiger partial charge in [0.15, 0.2) is 6.61 Å². The molecule has 0 saturated heterocycles. The summed E-state index contributed by atoms with van der Waals surface area (Å²) in [7, 11) is 0. The molecule has 1 heterocycles. The molecule has 4 heteroatoms. The molecule has 25 heavy (non-hydrogen) atoms. The number of carbonyl (C=O) groups is 1. The lowest BCUT2D eigenvalue weighted by atomic mass is 10.2. The molecule has 0 spiro atoms. The van der Waals surface area contributed by atoms with Crippen molar-refractivity contribution in [2.75, 3.05) is 6.61 Å². The second-order valence-electron chi connectivity index (χ2n) is 6.25. The molecule has 3 rings (SSSR count). The summed E-state index contributed by atoms with van der Waals surface area (Å²) in [5.41, 5.74) is 2.02. The molecule has 1 amide bonds. The highest BCUT2D eigenvalue weighted by Gasteiger charge is 2.18. The highest BCUT2D eigenvalue weighted by atomic mass is 16.5. The highest BCUT2D eigenvalue weighted by Crippen LogP contribution is 2.19. The van der Waals surface area contributed by atoms with Crippen molar-refractivity contribution in [3.8, 4) is 5.75 Å². The predicted octanol–water partition coefficient (Wildman–Crippen LogP) is 4.05. The topological polar surface area (TPSA) is 42.4 Å². The first-order valence-corrected chi connectivity index (χ1v) is 8.44. The van der Waals surface area contributed by atoms with Crippen molar-refractivity contribution < 1.29 is 9.53 Å². The molecule has 0 unspecified atom stereocenters. The second-order valence-corrected chi connectivity index (χ2v) is 6.25. The van der Waals surface area contributed by atoms with E-state index >= 15 is 0 Å². The molecular formula is C21H22N2O2. The molecule has 2 aromatic carbocycles. The Bertz CT molecular complexity index is 847. The third-order valence-electron chi connectivity index (χ3n) is 4.08. The number of nitrogens with zero attached hydrogens (tertiary/aromatic N) is 2. The maximum absolute atomic E-state index is 12.6. The van der Waals surface area contributed by atoms with Gasteiger partial charge in [0.2, 0.25) is 0 Å². The van der Waals surface area contributed by atoms with Crippen molar-refractivity contribution in [3.63, 3.8) is 0 Å². The van der Waals surface area contributed by atoms with Crippen LogP contribution < -0.4 is 4.74 Å². The fourth-order valence-corrected chi connectivity index (χ4v) is 2.71. The number of ether oxygens (including phenoxy) is 1. The molecule has 0 aliphatic rings. The van der Waals surface area contributed by atoms with E-state index in [2.05, 4.69) is 4.98 Å². The van der Waals surface area contributed by atoms with Crippen LogP contribution in [0.15, 0.2) is 66.9 Å². The number of hydrogen-bond acceptors (Lipinski definition) is 3. The van der Waals surface area contributed by atoms with Gasteiger partial charge in [0, 0.05) is 24.2 Å². The first-order valence-electron chi connectivity index (χ1n) is 8.44. The van der Waals surface area contributed by atoms with Crippen LogP contribution in [0.5, 0.6) is 5.75 Å². The van der Waals surface area contributed by atoms with Gasteiger partial charge in [-0.1, -0.05) is 36.4 Å². The average molecular weight is 334 g/mol. The van der Waals surface area contributed by atoms with E-state index in [0.29, 0.717) is 12.3 Å². The van der Waals surface area contributed by atoms with Crippen molar-refractivity contribution in [1.29, 1.82) is 0 Å². The minimum atomic E-state index is -0.0230. The summed E-state index contributed by atoms with van der Waals surface area (Å²) in [6.07, 6.45) is 1.76. The van der Waals surface area contributed by atoms with Gasteiger partial charge < -0.3 is 9.64 Å². The van der Waals surface area contributed by atoms with Gasteiger partial charge in [-0.3, -0.25) is 9.78 Å². The Hall–Kier alpha value is -2.88. The van der Waals surface area contributed by atoms with Crippen LogP contribution >= 0.6 is 0 Å². The molecule has 1 aromatic heterocycles. The van der Waals surface area contributed by atoms with Crippen LogP contribution in [0.4, 0.5) is 0 Å². The number of aromatic nitrogens is 1. The van der Waals surface area contributed by atoms with Gasteiger partial charge in [-0.25, -0.2) is 0 Å². The summed E-state index contributed by atoms with van der Waals surface area (Å²) in [6, 6.07) is 19.6. The zero-order valence-corrected chi connectivity index (χ0v) is 14.6. The van der Waals surface area contributed by atoms with Crippen LogP contribution in [0, 0.1) is 0 Å². The van der Waals surface area contributed by atoms with E-state index in [4.69, 9.17) is 4.74 Å². The summed E-state index contributed by atoms with van der Waals surface area (Å²) in [5.74, 6) is 0.655. The maximum atomic E-state index is 12.6. The molecular weight excluding hydrogens is 312 g/mol. The number of rotatable bonds is 6. The van der Waals surface area contributed by atoms with Gasteiger partial charge in [0.1, 0.15) is 5.75 Å². The summed E-state index contributed by atoms with van der Waals surface area (Å²) in [4.78, 5) is 18.7. The van der Waals surface area contributed by atoms with Crippen LogP contribution in [0.1, 0.15) is 19.4 Å². The lowest BCUT2D eigenvalue weighted by molar-refractivity contribution is -0.135. The largest absolute Gasteiger partial charge is 0.484 e. The van der Waals surface area contributed by atoms with Crippen molar-refractivity contribution in [2.24, 2.45) is 0 Å². The van der Waals surface area contributed by atoms with Crippen molar-refractivity contribution in [1.82, 2.24) is 9.88 Å². The second kappa shape index (κ2) is 7.79. The number of fused-ring (bicyclic) bond motifs is 1. The molecule has 0 aliphatic carbocycles. The normalized spacial score (nSPS) is 10.8. The Balaban J connectivity index is 1.66. The third kappa shape index (κ3) is 4.35. The van der Waals surface area contributed by atoms with Gasteiger partial charge in [0.25, 0.3) is 5.91 Å². The van der Waals surface area contributed by atoms with E-state index in [-0.39, 0.29) is 18.6 Å². The quantitative estimate of drug-likeness (QED) is 0.683. The van der Waals surface area contributed by atoms with E-state index in [1.54, 1.807) is 6.20 Å². The van der Waals surface area contributed by atoms with Crippen LogP contribution in [0.3, 0.4) is 0 Å². The first kappa shape index (κ1) is 17.0. The average Bonchev–Trinajstić information content (AvgIpc) is 2.64. The molecule has 0 saturated carbocycles. The SMILES string of the molecule is CC(C)N(Cc1ccccc1)C(=O)COc1ccc2ncccc2c1. The maximum Gasteiger partial charge on any atom is 0.261 e. The Kier molecular flexibility index (Phi) is 5.29. The lowest BCUT2D eigenvalue weighted by Gasteiger charge is -2.27. The summed E-state index contributed by atoms with van der Waals surface area (Å²) in [6.45, 7) is 4.64. The minimum absolute atomic E-state index is 0.0230. The Morgan fingerprint density at radius 3 is 2.64 bits per heavy atom. The number of hydrogen-bond donors (Lipinski definition) is 0. The molecule has 0 radical (unpaired) electrons. The van der Waals surface area contributed by atoms with Gasteiger partial charge in [0.05, 0.1) is 5.52 Å². The molecule has 0 atom stereocenters. The van der Waals surface area contributed by atoms with Gasteiger partial charge in [-0.05, 0) is 43.7 Å². The van der Waals surface area contributed by atoms with E-state index in [1.807, 2.05) is 79.4 Å². The Labute approximate surface area is 148 Å². The summed E-state index contributed by atoms with van der Waals surface area (Å²) in [5, 5.41) is 0.998. The third-order valence-corrected chi connectivity index (χ3v) is 4.08. The van der Waals surface area contributed by atoms with Gasteiger partial charge in [-0.15, -0.1) is 0 Å². The van der Waals surface area contributed by atoms with Crippen LogP contribution in [-0.4, -0.2) is 28.4 Å². The predicted molar refractivity (Wildman–Crippen MR) is 99.4 cm³/mol. The Morgan fingerprint density at radius 2 is 1.88 bits per heavy atom. The number of carbonyl (C=O) groups excluding carboxylic acids is 1. The summed E-state index contributed by atoms with van der Waals surface area (Å²) >= 11 is 0. The zero-order valence-electron chi connectivity index (χ0n) is 14.6. The fraction of sp³-hybridized carbons (Fsp3) is 0.238. The van der Waals surface area contributed by atoms with Gasteiger partial charge >= 0.3 is 0 Å². The molecule has 0 fully saturated rings. The van der Waals surface area contributed by atoms with E-state index in [1.165, 1.54) is 0 Å². The van der Waals surface area contributed by atoms with Crippen molar-refractivity contribution in [3.05, 3.63) is 72.4 Å². The van der Waals surface area contributed by atoms with Crippen LogP contribution in [0.2, 0.25) is 0 Å². The van der Waals surface area contributed by atoms with Gasteiger partial charge in [-0.2, -0.15) is 0 Å². The molecule has 128 valence electrons. The van der Waals surface area contributed by atoms with Crippen LogP contribution in [0.25, 0.3) is 10.9 Å². The smallest absolute Gasteiger partial charge is 0.261 e. The Morgan fingerprint density at radius 1 is 1.08 bits per heavy atom. The first-order chi connectivity index (χ1) is 12.1. The van der Waals surface area contributed by atoms with E-state index in [9.17, 15) is 4.79 Å². The van der Waals surface area contributed by atoms with Crippen LogP contribution in [-0.2, 0) is 11.3 Å². The number of amides is 1. The van der Waals surface area contributed by atoms with Crippen molar-refractivity contribution >= 4 is 16.8 Å². The minimum Gasteiger partial charge on any atom is -0.484 e. The molecule has 4 nitrogen and oxygen atoms in total. The standard InChI is InChI=1S/C21H22N2O2/c1-16(2)23(14-17-7-4-3-5-8-17)21(24)15-25-19-10-11-20-18(13-19)9-6-12-22-20/h3-13,16H,14-15H2,1-2H3. The molecule has 0 bridgehead atoms. The van der Waals surface area contributed by atoms with Crippen molar-refractivity contribution in [2.45, 2.75) is 26.4 Å². The number of pyridine rings is 1. The monoisotopic (exact) mass is 334 g/mol. The fourth-order valence-electron chi connectivity index (χ4n) is 2.71.